The first-order valence-corrected chi connectivity index (χ1v) is 6.77. The standard InChI is InChI=1S/C16H19NO4/c1-2-19-13-7-3-4-8-14(13)20-10-11-21-15-9-5-6-12(18)16(15)17/h3-9,18H,2,10-11,17H2,1H3. The van der Waals surface area contributed by atoms with Crippen LogP contribution in [0.4, 0.5) is 5.69 Å². The maximum Gasteiger partial charge on any atom is 0.161 e. The van der Waals surface area contributed by atoms with Gasteiger partial charge in [0.1, 0.15) is 30.4 Å². The van der Waals surface area contributed by atoms with Gasteiger partial charge in [-0.25, -0.2) is 0 Å². The van der Waals surface area contributed by atoms with E-state index in [-0.39, 0.29) is 11.4 Å². The fraction of sp³-hybridized carbons (Fsp3) is 0.250. The molecule has 0 radical (unpaired) electrons. The molecule has 0 unspecified atom stereocenters. The number of ether oxygens (including phenoxy) is 3. The van der Waals surface area contributed by atoms with Crippen molar-refractivity contribution < 1.29 is 19.3 Å². The second-order valence-electron chi connectivity index (χ2n) is 4.27. The number of benzene rings is 2. The first kappa shape index (κ1) is 14.8. The van der Waals surface area contributed by atoms with Crippen LogP contribution in [0.5, 0.6) is 23.0 Å². The van der Waals surface area contributed by atoms with E-state index >= 15 is 0 Å². The molecular weight excluding hydrogens is 270 g/mol. The van der Waals surface area contributed by atoms with E-state index in [0.29, 0.717) is 37.1 Å². The van der Waals surface area contributed by atoms with Gasteiger partial charge < -0.3 is 25.1 Å². The molecule has 0 heterocycles. The second-order valence-corrected chi connectivity index (χ2v) is 4.27. The molecule has 0 saturated carbocycles. The van der Waals surface area contributed by atoms with Crippen molar-refractivity contribution in [2.75, 3.05) is 25.6 Å². The molecule has 0 aromatic heterocycles. The van der Waals surface area contributed by atoms with Crippen molar-refractivity contribution in [2.24, 2.45) is 0 Å². The van der Waals surface area contributed by atoms with Gasteiger partial charge in [0.2, 0.25) is 0 Å². The molecule has 112 valence electrons. The summed E-state index contributed by atoms with van der Waals surface area (Å²) in [5.74, 6) is 1.83. The Morgan fingerprint density at radius 3 is 2.10 bits per heavy atom. The number of aromatic hydroxyl groups is 1. The summed E-state index contributed by atoms with van der Waals surface area (Å²) in [5, 5.41) is 9.48. The third-order valence-electron chi connectivity index (χ3n) is 2.79. The number of phenols is 1. The van der Waals surface area contributed by atoms with Crippen LogP contribution in [-0.2, 0) is 0 Å². The van der Waals surface area contributed by atoms with Gasteiger partial charge in [-0.3, -0.25) is 0 Å². The Hall–Kier alpha value is -2.56. The quantitative estimate of drug-likeness (QED) is 0.466. The van der Waals surface area contributed by atoms with Crippen LogP contribution in [0.2, 0.25) is 0 Å². The van der Waals surface area contributed by atoms with Gasteiger partial charge in [-0.2, -0.15) is 0 Å². The van der Waals surface area contributed by atoms with Crippen molar-refractivity contribution in [3.63, 3.8) is 0 Å². The molecule has 0 bridgehead atoms. The topological polar surface area (TPSA) is 73.9 Å². The van der Waals surface area contributed by atoms with Crippen LogP contribution >= 0.6 is 0 Å². The van der Waals surface area contributed by atoms with E-state index < -0.39 is 0 Å². The summed E-state index contributed by atoms with van der Waals surface area (Å²) in [6, 6.07) is 12.3. The lowest BCUT2D eigenvalue weighted by Crippen LogP contribution is -2.10. The van der Waals surface area contributed by atoms with Gasteiger partial charge in [0, 0.05) is 0 Å². The first-order valence-electron chi connectivity index (χ1n) is 6.77. The fourth-order valence-electron chi connectivity index (χ4n) is 1.81. The number of phenolic OH excluding ortho intramolecular Hbond substituents is 1. The Kier molecular flexibility index (Phi) is 5.15. The molecule has 2 rings (SSSR count). The average Bonchev–Trinajstić information content (AvgIpc) is 2.49. The highest BCUT2D eigenvalue weighted by Crippen LogP contribution is 2.30. The molecule has 0 aliphatic heterocycles. The van der Waals surface area contributed by atoms with E-state index in [0.717, 1.165) is 0 Å². The zero-order valence-corrected chi connectivity index (χ0v) is 11.9. The highest BCUT2D eigenvalue weighted by molar-refractivity contribution is 5.61. The first-order chi connectivity index (χ1) is 10.2. The predicted octanol–water partition coefficient (Wildman–Crippen LogP) is 2.83. The summed E-state index contributed by atoms with van der Waals surface area (Å²) in [5.41, 5.74) is 5.93. The van der Waals surface area contributed by atoms with Crippen LogP contribution in [0.25, 0.3) is 0 Å². The molecular formula is C16H19NO4. The van der Waals surface area contributed by atoms with Crippen molar-refractivity contribution in [2.45, 2.75) is 6.92 Å². The van der Waals surface area contributed by atoms with Gasteiger partial charge in [0.25, 0.3) is 0 Å². The lowest BCUT2D eigenvalue weighted by Gasteiger charge is -2.13. The molecule has 0 spiro atoms. The van der Waals surface area contributed by atoms with Crippen molar-refractivity contribution in [3.8, 4) is 23.0 Å². The van der Waals surface area contributed by atoms with Crippen LogP contribution < -0.4 is 19.9 Å². The molecule has 21 heavy (non-hydrogen) atoms. The lowest BCUT2D eigenvalue weighted by molar-refractivity contribution is 0.209. The number of nitrogens with two attached hydrogens (primary N) is 1. The molecule has 0 atom stereocenters. The fourth-order valence-corrected chi connectivity index (χ4v) is 1.81. The SMILES string of the molecule is CCOc1ccccc1OCCOc1cccc(O)c1N. The molecule has 0 saturated heterocycles. The number of hydrogen-bond acceptors (Lipinski definition) is 5. The van der Waals surface area contributed by atoms with E-state index in [2.05, 4.69) is 0 Å². The van der Waals surface area contributed by atoms with Crippen molar-refractivity contribution in [3.05, 3.63) is 42.5 Å². The summed E-state index contributed by atoms with van der Waals surface area (Å²) >= 11 is 0. The average molecular weight is 289 g/mol. The molecule has 2 aromatic rings. The molecule has 3 N–H and O–H groups in total. The Balaban J connectivity index is 1.86. The molecule has 0 amide bonds. The van der Waals surface area contributed by atoms with Crippen LogP contribution in [0.1, 0.15) is 6.92 Å². The molecule has 2 aromatic carbocycles. The summed E-state index contributed by atoms with van der Waals surface area (Å²) in [7, 11) is 0. The largest absolute Gasteiger partial charge is 0.506 e. The van der Waals surface area contributed by atoms with E-state index in [9.17, 15) is 5.11 Å². The summed E-state index contributed by atoms with van der Waals surface area (Å²) in [6.07, 6.45) is 0. The molecule has 0 fully saturated rings. The van der Waals surface area contributed by atoms with E-state index in [1.54, 1.807) is 12.1 Å². The van der Waals surface area contributed by atoms with Gasteiger partial charge in [0.15, 0.2) is 11.5 Å². The third kappa shape index (κ3) is 3.95. The maximum atomic E-state index is 9.48. The van der Waals surface area contributed by atoms with Gasteiger partial charge >= 0.3 is 0 Å². The minimum absolute atomic E-state index is 0.00936. The van der Waals surface area contributed by atoms with Gasteiger partial charge in [-0.15, -0.1) is 0 Å². The number of para-hydroxylation sites is 3. The van der Waals surface area contributed by atoms with Crippen LogP contribution in [0, 0.1) is 0 Å². The van der Waals surface area contributed by atoms with Gasteiger partial charge in [-0.1, -0.05) is 18.2 Å². The van der Waals surface area contributed by atoms with Crippen molar-refractivity contribution in [1.82, 2.24) is 0 Å². The zero-order valence-electron chi connectivity index (χ0n) is 11.9. The van der Waals surface area contributed by atoms with Crippen molar-refractivity contribution >= 4 is 5.69 Å². The minimum Gasteiger partial charge on any atom is -0.506 e. The Morgan fingerprint density at radius 1 is 0.857 bits per heavy atom. The number of rotatable bonds is 7. The van der Waals surface area contributed by atoms with Crippen LogP contribution in [0.3, 0.4) is 0 Å². The third-order valence-corrected chi connectivity index (χ3v) is 2.79. The molecule has 5 nitrogen and oxygen atoms in total. The lowest BCUT2D eigenvalue weighted by atomic mass is 10.3. The highest BCUT2D eigenvalue weighted by atomic mass is 16.5. The second kappa shape index (κ2) is 7.28. The maximum absolute atomic E-state index is 9.48. The summed E-state index contributed by atoms with van der Waals surface area (Å²) in [6.45, 7) is 3.16. The normalized spacial score (nSPS) is 10.1. The summed E-state index contributed by atoms with van der Waals surface area (Å²) in [4.78, 5) is 0. The van der Waals surface area contributed by atoms with Crippen LogP contribution in [0.15, 0.2) is 42.5 Å². The smallest absolute Gasteiger partial charge is 0.161 e. The zero-order chi connectivity index (χ0) is 15.1. The molecule has 0 aliphatic carbocycles. The predicted molar refractivity (Wildman–Crippen MR) is 81.1 cm³/mol. The number of hydrogen-bond donors (Lipinski definition) is 2. The van der Waals surface area contributed by atoms with Gasteiger partial charge in [-0.05, 0) is 31.2 Å². The summed E-state index contributed by atoms with van der Waals surface area (Å²) < 4.78 is 16.6. The Bertz CT molecular complexity index is 586. The Morgan fingerprint density at radius 2 is 1.43 bits per heavy atom. The van der Waals surface area contributed by atoms with Crippen molar-refractivity contribution in [1.29, 1.82) is 0 Å². The van der Waals surface area contributed by atoms with Gasteiger partial charge in [0.05, 0.1) is 6.61 Å². The number of nitrogen functional groups attached to an aromatic ring is 1. The van der Waals surface area contributed by atoms with E-state index in [1.807, 2.05) is 31.2 Å². The molecule has 5 heteroatoms. The van der Waals surface area contributed by atoms with Crippen LogP contribution in [-0.4, -0.2) is 24.9 Å². The molecule has 0 aliphatic rings. The number of anilines is 1. The highest BCUT2D eigenvalue weighted by Gasteiger charge is 2.06. The van der Waals surface area contributed by atoms with E-state index in [1.165, 1.54) is 6.07 Å². The minimum atomic E-state index is 0.00936. The Labute approximate surface area is 123 Å². The monoisotopic (exact) mass is 289 g/mol. The van der Waals surface area contributed by atoms with E-state index in [4.69, 9.17) is 19.9 Å².